The molecule has 7 heteroatoms. The molecule has 0 radical (unpaired) electrons. The first kappa shape index (κ1) is 13.9. The van der Waals surface area contributed by atoms with Crippen molar-refractivity contribution in [2.24, 2.45) is 5.73 Å². The SMILES string of the molecule is C[C@@H](O)[C@H](N)c1nc(Cc2c(F)cccc2Cl)no1. The number of aliphatic hydroxyl groups is 1. The van der Waals surface area contributed by atoms with Gasteiger partial charge in [-0.15, -0.1) is 0 Å². The molecule has 0 fully saturated rings. The van der Waals surface area contributed by atoms with E-state index < -0.39 is 18.0 Å². The molecule has 2 rings (SSSR count). The van der Waals surface area contributed by atoms with Crippen LogP contribution < -0.4 is 5.73 Å². The van der Waals surface area contributed by atoms with E-state index >= 15 is 0 Å². The average Bonchev–Trinajstić information content (AvgIpc) is 2.81. The number of aliphatic hydroxyl groups excluding tert-OH is 1. The van der Waals surface area contributed by atoms with Gasteiger partial charge in [-0.2, -0.15) is 4.98 Å². The second kappa shape index (κ2) is 5.64. The van der Waals surface area contributed by atoms with Crippen LogP contribution in [0.25, 0.3) is 0 Å². The van der Waals surface area contributed by atoms with Crippen LogP contribution in [0.5, 0.6) is 0 Å². The van der Waals surface area contributed by atoms with Gasteiger partial charge in [-0.1, -0.05) is 22.8 Å². The van der Waals surface area contributed by atoms with Crippen molar-refractivity contribution in [2.45, 2.75) is 25.5 Å². The molecule has 5 nitrogen and oxygen atoms in total. The molecule has 2 atom stereocenters. The Hall–Kier alpha value is -1.50. The minimum atomic E-state index is -0.814. The molecule has 0 spiro atoms. The van der Waals surface area contributed by atoms with E-state index in [0.29, 0.717) is 10.6 Å². The summed E-state index contributed by atoms with van der Waals surface area (Å²) < 4.78 is 18.5. The molecular weight excluding hydrogens is 273 g/mol. The van der Waals surface area contributed by atoms with Gasteiger partial charge in [-0.25, -0.2) is 4.39 Å². The van der Waals surface area contributed by atoms with Crippen molar-refractivity contribution in [2.75, 3.05) is 0 Å². The lowest BCUT2D eigenvalue weighted by Gasteiger charge is -2.08. The Morgan fingerprint density at radius 1 is 1.53 bits per heavy atom. The van der Waals surface area contributed by atoms with Crippen molar-refractivity contribution in [3.05, 3.63) is 46.3 Å². The zero-order valence-electron chi connectivity index (χ0n) is 10.2. The Morgan fingerprint density at radius 3 is 2.89 bits per heavy atom. The molecule has 0 bridgehead atoms. The molecule has 0 amide bonds. The summed E-state index contributed by atoms with van der Waals surface area (Å²) in [5.41, 5.74) is 5.95. The summed E-state index contributed by atoms with van der Waals surface area (Å²) in [4.78, 5) is 4.02. The molecule has 0 aliphatic carbocycles. The fraction of sp³-hybridized carbons (Fsp3) is 0.333. The highest BCUT2D eigenvalue weighted by atomic mass is 35.5. The first-order valence-electron chi connectivity index (χ1n) is 5.68. The van der Waals surface area contributed by atoms with Gasteiger partial charge in [0.15, 0.2) is 5.82 Å². The van der Waals surface area contributed by atoms with Crippen LogP contribution in [-0.2, 0) is 6.42 Å². The third kappa shape index (κ3) is 3.09. The van der Waals surface area contributed by atoms with E-state index in [1.807, 2.05) is 0 Å². The number of nitrogens with zero attached hydrogens (tertiary/aromatic N) is 2. The van der Waals surface area contributed by atoms with Gasteiger partial charge < -0.3 is 15.4 Å². The van der Waals surface area contributed by atoms with Gasteiger partial charge in [0, 0.05) is 17.0 Å². The maximum atomic E-state index is 13.6. The summed E-state index contributed by atoms with van der Waals surface area (Å²) in [7, 11) is 0. The predicted octanol–water partition coefficient (Wildman–Crippen LogP) is 1.83. The number of halogens is 2. The molecule has 19 heavy (non-hydrogen) atoms. The fourth-order valence-electron chi connectivity index (χ4n) is 1.54. The molecule has 0 unspecified atom stereocenters. The van der Waals surface area contributed by atoms with E-state index in [1.54, 1.807) is 6.07 Å². The van der Waals surface area contributed by atoms with Gasteiger partial charge >= 0.3 is 0 Å². The largest absolute Gasteiger partial charge is 0.391 e. The first-order chi connectivity index (χ1) is 8.99. The Balaban J connectivity index is 2.21. The maximum Gasteiger partial charge on any atom is 0.246 e. The lowest BCUT2D eigenvalue weighted by molar-refractivity contribution is 0.146. The molecule has 0 aliphatic heterocycles. The van der Waals surface area contributed by atoms with Gasteiger partial charge in [0.2, 0.25) is 5.89 Å². The highest BCUT2D eigenvalue weighted by Crippen LogP contribution is 2.22. The van der Waals surface area contributed by atoms with Gasteiger partial charge in [0.05, 0.1) is 6.10 Å². The van der Waals surface area contributed by atoms with Crippen LogP contribution in [0, 0.1) is 5.82 Å². The zero-order valence-corrected chi connectivity index (χ0v) is 10.9. The second-order valence-corrected chi connectivity index (χ2v) is 4.60. The second-order valence-electron chi connectivity index (χ2n) is 4.19. The Kier molecular flexibility index (Phi) is 4.14. The van der Waals surface area contributed by atoms with Crippen LogP contribution in [0.2, 0.25) is 5.02 Å². The normalized spacial score (nSPS) is 14.4. The fourth-order valence-corrected chi connectivity index (χ4v) is 1.77. The third-order valence-corrected chi connectivity index (χ3v) is 3.04. The molecule has 0 saturated carbocycles. The van der Waals surface area contributed by atoms with Crippen LogP contribution in [0.15, 0.2) is 22.7 Å². The summed E-state index contributed by atoms with van der Waals surface area (Å²) in [5.74, 6) is -0.0609. The van der Waals surface area contributed by atoms with E-state index in [2.05, 4.69) is 10.1 Å². The molecule has 3 N–H and O–H groups in total. The lowest BCUT2D eigenvalue weighted by atomic mass is 10.1. The number of rotatable bonds is 4. The Labute approximate surface area is 114 Å². The molecule has 2 aromatic rings. The van der Waals surface area contributed by atoms with Gasteiger partial charge in [-0.05, 0) is 19.1 Å². The molecule has 1 aromatic heterocycles. The van der Waals surface area contributed by atoms with Gasteiger partial charge in [-0.3, -0.25) is 0 Å². The summed E-state index contributed by atoms with van der Waals surface area (Å²) in [6.07, 6.45) is -0.716. The van der Waals surface area contributed by atoms with Crippen LogP contribution in [0.3, 0.4) is 0 Å². The van der Waals surface area contributed by atoms with E-state index in [9.17, 15) is 9.50 Å². The smallest absolute Gasteiger partial charge is 0.246 e. The van der Waals surface area contributed by atoms with Crippen molar-refractivity contribution >= 4 is 11.6 Å². The van der Waals surface area contributed by atoms with E-state index in [1.165, 1.54) is 19.1 Å². The highest BCUT2D eigenvalue weighted by Gasteiger charge is 2.20. The summed E-state index contributed by atoms with van der Waals surface area (Å²) in [6.45, 7) is 1.52. The molecule has 0 saturated heterocycles. The summed E-state index contributed by atoms with van der Waals surface area (Å²) >= 11 is 5.91. The number of nitrogens with two attached hydrogens (primary N) is 1. The van der Waals surface area contributed by atoms with Crippen molar-refractivity contribution in [1.29, 1.82) is 0 Å². The predicted molar refractivity (Wildman–Crippen MR) is 67.1 cm³/mol. The highest BCUT2D eigenvalue weighted by molar-refractivity contribution is 6.31. The van der Waals surface area contributed by atoms with Crippen molar-refractivity contribution in [1.82, 2.24) is 10.1 Å². The van der Waals surface area contributed by atoms with E-state index in [-0.39, 0.29) is 18.1 Å². The van der Waals surface area contributed by atoms with Gasteiger partial charge in [0.1, 0.15) is 11.9 Å². The Morgan fingerprint density at radius 2 is 2.26 bits per heavy atom. The van der Waals surface area contributed by atoms with Gasteiger partial charge in [0.25, 0.3) is 0 Å². The molecule has 1 heterocycles. The van der Waals surface area contributed by atoms with E-state index in [0.717, 1.165) is 0 Å². The Bertz CT molecular complexity index is 554. The topological polar surface area (TPSA) is 85.2 Å². The first-order valence-corrected chi connectivity index (χ1v) is 6.06. The van der Waals surface area contributed by atoms with Crippen LogP contribution in [0.4, 0.5) is 4.39 Å². The third-order valence-electron chi connectivity index (χ3n) is 2.69. The maximum absolute atomic E-state index is 13.6. The number of benzene rings is 1. The van der Waals surface area contributed by atoms with Crippen molar-refractivity contribution in [3.8, 4) is 0 Å². The monoisotopic (exact) mass is 285 g/mol. The molecule has 102 valence electrons. The standard InChI is InChI=1S/C12H13ClFN3O2/c1-6(18)11(15)12-16-10(17-19-12)5-7-8(13)3-2-4-9(7)14/h2-4,6,11,18H,5,15H2,1H3/t6-,11+/m1/s1. The minimum absolute atomic E-state index is 0.0987. The summed E-state index contributed by atoms with van der Waals surface area (Å²) in [6, 6.07) is 3.65. The lowest BCUT2D eigenvalue weighted by Crippen LogP contribution is -2.23. The quantitative estimate of drug-likeness (QED) is 0.895. The minimum Gasteiger partial charge on any atom is -0.391 e. The van der Waals surface area contributed by atoms with Crippen molar-refractivity contribution in [3.63, 3.8) is 0 Å². The number of hydrogen-bond donors (Lipinski definition) is 2. The van der Waals surface area contributed by atoms with Crippen LogP contribution in [0.1, 0.15) is 30.2 Å². The van der Waals surface area contributed by atoms with Crippen LogP contribution in [-0.4, -0.2) is 21.4 Å². The molecular formula is C12H13ClFN3O2. The van der Waals surface area contributed by atoms with Crippen LogP contribution >= 0.6 is 11.6 Å². The van der Waals surface area contributed by atoms with E-state index in [4.69, 9.17) is 21.9 Å². The average molecular weight is 286 g/mol. The number of aromatic nitrogens is 2. The van der Waals surface area contributed by atoms with Crippen molar-refractivity contribution < 1.29 is 14.0 Å². The zero-order chi connectivity index (χ0) is 14.0. The molecule has 0 aliphatic rings. The summed E-state index contributed by atoms with van der Waals surface area (Å²) in [5, 5.41) is 13.3. The number of hydrogen-bond acceptors (Lipinski definition) is 5. The molecule has 1 aromatic carbocycles.